The van der Waals surface area contributed by atoms with Crippen molar-refractivity contribution in [1.29, 1.82) is 0 Å². The molecule has 1 saturated heterocycles. The van der Waals surface area contributed by atoms with Gasteiger partial charge in [-0.3, -0.25) is 9.59 Å². The lowest BCUT2D eigenvalue weighted by molar-refractivity contribution is -0.146. The lowest BCUT2D eigenvalue weighted by Crippen LogP contribution is -2.49. The number of piperazine rings is 1. The van der Waals surface area contributed by atoms with Crippen LogP contribution in [-0.2, 0) is 16.0 Å². The Morgan fingerprint density at radius 1 is 0.975 bits per heavy atom. The summed E-state index contributed by atoms with van der Waals surface area (Å²) >= 11 is 0. The van der Waals surface area contributed by atoms with Crippen LogP contribution in [0.4, 0.5) is 14.5 Å². The zero-order chi connectivity index (χ0) is 28.2. The van der Waals surface area contributed by atoms with Crippen molar-refractivity contribution < 1.29 is 28.0 Å². The van der Waals surface area contributed by atoms with Crippen LogP contribution in [0.2, 0.25) is 0 Å². The van der Waals surface area contributed by atoms with Crippen LogP contribution in [0.25, 0.3) is 22.8 Å². The first-order valence-corrected chi connectivity index (χ1v) is 13.0. The van der Waals surface area contributed by atoms with Gasteiger partial charge in [0.05, 0.1) is 17.2 Å². The fourth-order valence-corrected chi connectivity index (χ4v) is 4.79. The molecule has 2 heterocycles. The van der Waals surface area contributed by atoms with Gasteiger partial charge in [0.25, 0.3) is 5.89 Å². The van der Waals surface area contributed by atoms with E-state index in [-0.39, 0.29) is 41.8 Å². The number of anilines is 1. The van der Waals surface area contributed by atoms with Crippen LogP contribution in [-0.4, -0.2) is 58.2 Å². The summed E-state index contributed by atoms with van der Waals surface area (Å²) in [5.74, 6) is -3.06. The van der Waals surface area contributed by atoms with Crippen molar-refractivity contribution >= 4 is 17.6 Å². The molecule has 1 fully saturated rings. The third-order valence-corrected chi connectivity index (χ3v) is 7.08. The van der Waals surface area contributed by atoms with E-state index in [9.17, 15) is 19.1 Å². The molecule has 1 aliphatic heterocycles. The average molecular weight is 547 g/mol. The number of aryl methyl sites for hydroxylation is 1. The van der Waals surface area contributed by atoms with E-state index in [1.54, 1.807) is 29.2 Å². The van der Waals surface area contributed by atoms with Crippen molar-refractivity contribution in [1.82, 2.24) is 15.0 Å². The van der Waals surface area contributed by atoms with E-state index in [2.05, 4.69) is 10.1 Å². The smallest absolute Gasteiger partial charge is 0.307 e. The molecule has 1 N–H and O–H groups in total. The summed E-state index contributed by atoms with van der Waals surface area (Å²) in [4.78, 5) is 32.7. The second-order valence-electron chi connectivity index (χ2n) is 9.87. The van der Waals surface area contributed by atoms with Crippen LogP contribution in [0.5, 0.6) is 0 Å². The Morgan fingerprint density at radius 3 is 2.38 bits per heavy atom. The van der Waals surface area contributed by atoms with Gasteiger partial charge >= 0.3 is 5.97 Å². The second-order valence-corrected chi connectivity index (χ2v) is 9.87. The van der Waals surface area contributed by atoms with E-state index in [1.165, 1.54) is 18.2 Å². The van der Waals surface area contributed by atoms with Crippen LogP contribution in [0.15, 0.2) is 71.3 Å². The van der Waals surface area contributed by atoms with Gasteiger partial charge in [-0.2, -0.15) is 4.98 Å². The summed E-state index contributed by atoms with van der Waals surface area (Å²) in [6.07, 6.45) is -0.239. The number of hydrogen-bond donors (Lipinski definition) is 1. The zero-order valence-electron chi connectivity index (χ0n) is 21.9. The second kappa shape index (κ2) is 11.6. The summed E-state index contributed by atoms with van der Waals surface area (Å²) in [5.41, 5.74) is 2.84. The average Bonchev–Trinajstić information content (AvgIpc) is 3.43. The number of amides is 1. The number of carbonyl (C=O) groups is 2. The summed E-state index contributed by atoms with van der Waals surface area (Å²) in [5, 5.41) is 13.7. The largest absolute Gasteiger partial charge is 0.481 e. The van der Waals surface area contributed by atoms with E-state index in [1.807, 2.05) is 36.1 Å². The summed E-state index contributed by atoms with van der Waals surface area (Å²) < 4.78 is 34.4. The van der Waals surface area contributed by atoms with Crippen molar-refractivity contribution in [2.75, 3.05) is 31.1 Å². The standard InChI is InChI=1S/C30H28F2N4O4/c1-19-6-9-21(10-7-19)29-33-28(34-40-29)23-11-8-20(17-25(23)32)16-22(30(38)39)18-27(37)36-14-12-35(13-15-36)26-5-3-2-4-24(26)31/h2-11,17,22H,12-16,18H2,1H3,(H,38,39). The highest BCUT2D eigenvalue weighted by Crippen LogP contribution is 2.27. The third-order valence-electron chi connectivity index (χ3n) is 7.08. The predicted octanol–water partition coefficient (Wildman–Crippen LogP) is 4.97. The molecule has 10 heteroatoms. The molecule has 4 aromatic rings. The molecule has 1 aromatic heterocycles. The Kier molecular flexibility index (Phi) is 7.86. The number of hydrogen-bond acceptors (Lipinski definition) is 6. The number of para-hydroxylation sites is 1. The maximum atomic E-state index is 15.0. The summed E-state index contributed by atoms with van der Waals surface area (Å²) in [6, 6.07) is 18.3. The van der Waals surface area contributed by atoms with Gasteiger partial charge in [0, 0.05) is 38.2 Å². The number of rotatable bonds is 8. The SMILES string of the molecule is Cc1ccc(-c2nc(-c3ccc(CC(CC(=O)N4CCN(c5ccccc5F)CC4)C(=O)O)cc3F)no2)cc1. The highest BCUT2D eigenvalue weighted by molar-refractivity contribution is 5.82. The minimum atomic E-state index is -1.14. The van der Waals surface area contributed by atoms with Crippen LogP contribution in [0.1, 0.15) is 17.5 Å². The van der Waals surface area contributed by atoms with Gasteiger partial charge in [-0.1, -0.05) is 41.1 Å². The van der Waals surface area contributed by atoms with E-state index in [0.29, 0.717) is 43.0 Å². The Hall–Kier alpha value is -4.60. The topological polar surface area (TPSA) is 99.8 Å². The van der Waals surface area contributed by atoms with Crippen molar-refractivity contribution in [3.63, 3.8) is 0 Å². The number of carboxylic acid groups (broad SMARTS) is 1. The molecular weight excluding hydrogens is 518 g/mol. The number of halogens is 2. The lowest BCUT2D eigenvalue weighted by atomic mass is 9.94. The minimum absolute atomic E-state index is 0.0195. The number of carboxylic acids is 1. The molecule has 0 radical (unpaired) electrons. The van der Waals surface area contributed by atoms with Gasteiger partial charge in [0.2, 0.25) is 11.7 Å². The Bertz CT molecular complexity index is 1510. The molecule has 0 bridgehead atoms. The molecule has 206 valence electrons. The lowest BCUT2D eigenvalue weighted by Gasteiger charge is -2.36. The number of carbonyl (C=O) groups excluding carboxylic acids is 1. The summed E-state index contributed by atoms with van der Waals surface area (Å²) in [7, 11) is 0. The van der Waals surface area contributed by atoms with Gasteiger partial charge in [0.1, 0.15) is 11.6 Å². The molecule has 1 atom stereocenters. The third kappa shape index (κ3) is 6.01. The highest BCUT2D eigenvalue weighted by atomic mass is 19.1. The minimum Gasteiger partial charge on any atom is -0.481 e. The van der Waals surface area contributed by atoms with Crippen molar-refractivity contribution in [2.45, 2.75) is 19.8 Å². The molecule has 1 unspecified atom stereocenters. The number of nitrogens with zero attached hydrogens (tertiary/aromatic N) is 4. The number of aromatic nitrogens is 2. The first-order chi connectivity index (χ1) is 19.3. The van der Waals surface area contributed by atoms with E-state index in [0.717, 1.165) is 5.56 Å². The maximum Gasteiger partial charge on any atom is 0.307 e. The first-order valence-electron chi connectivity index (χ1n) is 13.0. The van der Waals surface area contributed by atoms with Crippen molar-refractivity contribution in [3.05, 3.63) is 89.5 Å². The maximum absolute atomic E-state index is 15.0. The van der Waals surface area contributed by atoms with Gasteiger partial charge < -0.3 is 19.4 Å². The van der Waals surface area contributed by atoms with Gasteiger partial charge in [-0.15, -0.1) is 0 Å². The Balaban J connectivity index is 1.21. The molecule has 1 aliphatic rings. The van der Waals surface area contributed by atoms with Crippen molar-refractivity contribution in [3.8, 4) is 22.8 Å². The van der Waals surface area contributed by atoms with Crippen LogP contribution >= 0.6 is 0 Å². The predicted molar refractivity (Wildman–Crippen MR) is 145 cm³/mol. The van der Waals surface area contributed by atoms with E-state index in [4.69, 9.17) is 4.52 Å². The molecule has 5 rings (SSSR count). The van der Waals surface area contributed by atoms with Crippen LogP contribution in [0, 0.1) is 24.5 Å². The molecule has 0 aliphatic carbocycles. The molecule has 8 nitrogen and oxygen atoms in total. The van der Waals surface area contributed by atoms with E-state index >= 15 is 4.39 Å². The van der Waals surface area contributed by atoms with Crippen LogP contribution in [0.3, 0.4) is 0 Å². The zero-order valence-corrected chi connectivity index (χ0v) is 21.9. The molecular formula is C30H28F2N4O4. The monoisotopic (exact) mass is 546 g/mol. The fourth-order valence-electron chi connectivity index (χ4n) is 4.79. The van der Waals surface area contributed by atoms with E-state index < -0.39 is 17.7 Å². The first kappa shape index (κ1) is 27.0. The molecule has 0 spiro atoms. The summed E-state index contributed by atoms with van der Waals surface area (Å²) in [6.45, 7) is 3.56. The molecule has 3 aromatic carbocycles. The van der Waals surface area contributed by atoms with Gasteiger partial charge in [-0.25, -0.2) is 8.78 Å². The Morgan fingerprint density at radius 2 is 1.70 bits per heavy atom. The number of benzene rings is 3. The Labute approximate surface area is 229 Å². The quantitative estimate of drug-likeness (QED) is 0.333. The van der Waals surface area contributed by atoms with Gasteiger partial charge in [-0.05, 0) is 55.3 Å². The fraction of sp³-hybridized carbons (Fsp3) is 0.267. The molecule has 40 heavy (non-hydrogen) atoms. The highest BCUT2D eigenvalue weighted by Gasteiger charge is 2.28. The van der Waals surface area contributed by atoms with Crippen LogP contribution < -0.4 is 4.90 Å². The van der Waals surface area contributed by atoms with Crippen molar-refractivity contribution in [2.24, 2.45) is 5.92 Å². The number of aliphatic carboxylic acids is 1. The normalized spacial score (nSPS) is 14.3. The molecule has 1 amide bonds. The van der Waals surface area contributed by atoms with Gasteiger partial charge in [0.15, 0.2) is 0 Å². The molecule has 0 saturated carbocycles.